The summed E-state index contributed by atoms with van der Waals surface area (Å²) < 4.78 is 10.3. The zero-order valence-corrected chi connectivity index (χ0v) is 12.1. The molecule has 1 rings (SSSR count). The predicted molar refractivity (Wildman–Crippen MR) is 74.6 cm³/mol. The molecule has 0 unspecified atom stereocenters. The summed E-state index contributed by atoms with van der Waals surface area (Å²) in [6.07, 6.45) is 2.06. The fourth-order valence-corrected chi connectivity index (χ4v) is 1.72. The van der Waals surface area contributed by atoms with Crippen molar-refractivity contribution in [2.75, 3.05) is 34.4 Å². The van der Waals surface area contributed by atoms with Gasteiger partial charge in [-0.1, -0.05) is 12.1 Å². The lowest BCUT2D eigenvalue weighted by molar-refractivity contribution is -0.858. The van der Waals surface area contributed by atoms with Crippen molar-refractivity contribution in [1.29, 1.82) is 0 Å². The lowest BCUT2D eigenvalue weighted by Gasteiger charge is -2.08. The van der Waals surface area contributed by atoms with E-state index in [2.05, 4.69) is 14.1 Å². The topological polar surface area (TPSA) is 40.0 Å². The molecule has 0 aliphatic carbocycles. The molecule has 0 aliphatic heterocycles. The molecule has 0 fully saturated rings. The van der Waals surface area contributed by atoms with E-state index in [1.807, 2.05) is 24.3 Å². The number of quaternary nitrogens is 1. The van der Waals surface area contributed by atoms with Crippen molar-refractivity contribution >= 4 is 5.97 Å². The first-order valence-corrected chi connectivity index (χ1v) is 6.69. The van der Waals surface area contributed by atoms with Crippen molar-refractivity contribution in [3.8, 4) is 5.75 Å². The molecule has 1 aromatic rings. The third-order valence-electron chi connectivity index (χ3n) is 2.86. The van der Waals surface area contributed by atoms with Gasteiger partial charge >= 0.3 is 5.97 Å². The molecule has 0 aliphatic rings. The van der Waals surface area contributed by atoms with Crippen LogP contribution in [0.3, 0.4) is 0 Å². The summed E-state index contributed by atoms with van der Waals surface area (Å²) in [7, 11) is 5.82. The van der Waals surface area contributed by atoms with Crippen LogP contribution in [0.5, 0.6) is 5.75 Å². The number of carbonyl (C=O) groups is 1. The van der Waals surface area contributed by atoms with Gasteiger partial charge < -0.3 is 14.4 Å². The largest absolute Gasteiger partial charge is 0.497 e. The van der Waals surface area contributed by atoms with E-state index in [-0.39, 0.29) is 5.97 Å². The van der Waals surface area contributed by atoms with Crippen molar-refractivity contribution in [3.05, 3.63) is 29.8 Å². The molecule has 19 heavy (non-hydrogen) atoms. The second kappa shape index (κ2) is 8.53. The third-order valence-corrected chi connectivity index (χ3v) is 2.86. The number of rotatable bonds is 8. The SMILES string of the molecule is COc1ccc(CCC(=O)OCCC[NH+](C)C)cc1. The van der Waals surface area contributed by atoms with E-state index in [1.165, 1.54) is 4.90 Å². The Kier molecular flexibility index (Phi) is 6.97. The lowest BCUT2D eigenvalue weighted by Crippen LogP contribution is -3.05. The Bertz CT molecular complexity index is 373. The Morgan fingerprint density at radius 2 is 1.89 bits per heavy atom. The Hall–Kier alpha value is -1.55. The highest BCUT2D eigenvalue weighted by atomic mass is 16.5. The highest BCUT2D eigenvalue weighted by Crippen LogP contribution is 2.12. The minimum absolute atomic E-state index is 0.121. The lowest BCUT2D eigenvalue weighted by atomic mass is 10.1. The number of methoxy groups -OCH3 is 1. The van der Waals surface area contributed by atoms with Crippen molar-refractivity contribution in [2.45, 2.75) is 19.3 Å². The summed E-state index contributed by atoms with van der Waals surface area (Å²) in [5.74, 6) is 0.710. The number of hydrogen-bond acceptors (Lipinski definition) is 3. The first-order valence-electron chi connectivity index (χ1n) is 6.69. The van der Waals surface area contributed by atoms with Gasteiger partial charge in [-0.05, 0) is 24.1 Å². The second-order valence-electron chi connectivity index (χ2n) is 4.88. The van der Waals surface area contributed by atoms with E-state index in [9.17, 15) is 4.79 Å². The number of esters is 1. The van der Waals surface area contributed by atoms with Crippen molar-refractivity contribution in [2.24, 2.45) is 0 Å². The number of carbonyl (C=O) groups excluding carboxylic acids is 1. The van der Waals surface area contributed by atoms with Gasteiger partial charge in [-0.2, -0.15) is 0 Å². The molecule has 0 heterocycles. The van der Waals surface area contributed by atoms with Crippen LogP contribution in [-0.2, 0) is 16.0 Å². The third kappa shape index (κ3) is 6.82. The normalized spacial score (nSPS) is 10.5. The van der Waals surface area contributed by atoms with Crippen molar-refractivity contribution < 1.29 is 19.2 Å². The Balaban J connectivity index is 2.18. The quantitative estimate of drug-likeness (QED) is 0.556. The molecular formula is C15H24NO3+. The molecule has 0 saturated carbocycles. The summed E-state index contributed by atoms with van der Waals surface area (Å²) in [5, 5.41) is 0. The van der Waals surface area contributed by atoms with Gasteiger partial charge in [-0.3, -0.25) is 4.79 Å². The maximum absolute atomic E-state index is 11.5. The number of nitrogens with one attached hydrogen (secondary N) is 1. The average molecular weight is 266 g/mol. The fraction of sp³-hybridized carbons (Fsp3) is 0.533. The molecule has 0 amide bonds. The molecule has 0 bridgehead atoms. The predicted octanol–water partition coefficient (Wildman–Crippen LogP) is 0.706. The molecule has 4 heteroatoms. The smallest absolute Gasteiger partial charge is 0.306 e. The van der Waals surface area contributed by atoms with E-state index < -0.39 is 0 Å². The van der Waals surface area contributed by atoms with Crippen LogP contribution in [0, 0.1) is 0 Å². The average Bonchev–Trinajstić information content (AvgIpc) is 2.41. The Morgan fingerprint density at radius 3 is 2.47 bits per heavy atom. The van der Waals surface area contributed by atoms with Crippen LogP contribution in [0.15, 0.2) is 24.3 Å². The number of aryl methyl sites for hydroxylation is 1. The van der Waals surface area contributed by atoms with E-state index >= 15 is 0 Å². The first kappa shape index (κ1) is 15.5. The van der Waals surface area contributed by atoms with Crippen LogP contribution in [0.4, 0.5) is 0 Å². The number of ether oxygens (including phenoxy) is 2. The number of benzene rings is 1. The fourth-order valence-electron chi connectivity index (χ4n) is 1.72. The van der Waals surface area contributed by atoms with Gasteiger partial charge in [0, 0.05) is 12.8 Å². The summed E-state index contributed by atoms with van der Waals surface area (Å²) >= 11 is 0. The highest BCUT2D eigenvalue weighted by molar-refractivity contribution is 5.69. The van der Waals surface area contributed by atoms with Crippen LogP contribution < -0.4 is 9.64 Å². The number of hydrogen-bond donors (Lipinski definition) is 1. The van der Waals surface area contributed by atoms with Gasteiger partial charge in [0.05, 0.1) is 34.4 Å². The molecule has 1 aromatic carbocycles. The minimum atomic E-state index is -0.121. The van der Waals surface area contributed by atoms with Gasteiger partial charge in [0.2, 0.25) is 0 Å². The summed E-state index contributed by atoms with van der Waals surface area (Å²) in [4.78, 5) is 12.9. The van der Waals surface area contributed by atoms with Crippen LogP contribution in [-0.4, -0.2) is 40.3 Å². The van der Waals surface area contributed by atoms with E-state index in [0.29, 0.717) is 19.4 Å². The molecule has 4 nitrogen and oxygen atoms in total. The van der Waals surface area contributed by atoms with E-state index in [0.717, 1.165) is 24.3 Å². The maximum atomic E-state index is 11.5. The second-order valence-corrected chi connectivity index (χ2v) is 4.88. The monoisotopic (exact) mass is 266 g/mol. The van der Waals surface area contributed by atoms with Gasteiger partial charge in [0.1, 0.15) is 5.75 Å². The Morgan fingerprint density at radius 1 is 1.21 bits per heavy atom. The highest BCUT2D eigenvalue weighted by Gasteiger charge is 2.04. The zero-order valence-electron chi connectivity index (χ0n) is 12.1. The van der Waals surface area contributed by atoms with Gasteiger partial charge in [0.15, 0.2) is 0 Å². The molecule has 0 atom stereocenters. The summed E-state index contributed by atoms with van der Waals surface area (Å²) in [6, 6.07) is 7.75. The molecule has 0 aromatic heterocycles. The van der Waals surface area contributed by atoms with Crippen molar-refractivity contribution in [1.82, 2.24) is 0 Å². The zero-order chi connectivity index (χ0) is 14.1. The van der Waals surface area contributed by atoms with Gasteiger partial charge in [-0.15, -0.1) is 0 Å². The summed E-state index contributed by atoms with van der Waals surface area (Å²) in [5.41, 5.74) is 1.12. The maximum Gasteiger partial charge on any atom is 0.306 e. The molecule has 0 radical (unpaired) electrons. The van der Waals surface area contributed by atoms with Crippen LogP contribution in [0.1, 0.15) is 18.4 Å². The first-order chi connectivity index (χ1) is 9.11. The van der Waals surface area contributed by atoms with Crippen molar-refractivity contribution in [3.63, 3.8) is 0 Å². The molecule has 1 N–H and O–H groups in total. The Labute approximate surface area is 115 Å². The molecule has 106 valence electrons. The molecule has 0 spiro atoms. The molecular weight excluding hydrogens is 242 g/mol. The van der Waals surface area contributed by atoms with E-state index in [4.69, 9.17) is 9.47 Å². The van der Waals surface area contributed by atoms with Gasteiger partial charge in [-0.25, -0.2) is 0 Å². The van der Waals surface area contributed by atoms with Gasteiger partial charge in [0.25, 0.3) is 0 Å². The van der Waals surface area contributed by atoms with Crippen LogP contribution >= 0.6 is 0 Å². The summed E-state index contributed by atoms with van der Waals surface area (Å²) in [6.45, 7) is 1.54. The van der Waals surface area contributed by atoms with Crippen LogP contribution in [0.25, 0.3) is 0 Å². The van der Waals surface area contributed by atoms with Crippen LogP contribution in [0.2, 0.25) is 0 Å². The minimum Gasteiger partial charge on any atom is -0.497 e. The molecule has 0 saturated heterocycles. The standard InChI is InChI=1S/C15H23NO3/c1-16(2)11-4-12-19-15(17)10-7-13-5-8-14(18-3)9-6-13/h5-6,8-9H,4,7,10-12H2,1-3H3/p+1. The van der Waals surface area contributed by atoms with E-state index in [1.54, 1.807) is 7.11 Å².